The molecule has 2 aliphatic heterocycles. The Labute approximate surface area is 174 Å². The van der Waals surface area contributed by atoms with Crippen molar-refractivity contribution in [3.05, 3.63) is 30.0 Å². The van der Waals surface area contributed by atoms with Crippen molar-refractivity contribution in [1.29, 1.82) is 0 Å². The van der Waals surface area contributed by atoms with Crippen molar-refractivity contribution >= 4 is 23.4 Å². The summed E-state index contributed by atoms with van der Waals surface area (Å²) in [5.74, 6) is 0.0775. The summed E-state index contributed by atoms with van der Waals surface area (Å²) in [5, 5.41) is 2.78. The monoisotopic (exact) mass is 437 g/mol. The number of hydrogen-bond acceptors (Lipinski definition) is 7. The molecule has 1 aromatic heterocycles. The first-order valence-corrected chi connectivity index (χ1v) is 9.35. The van der Waals surface area contributed by atoms with Crippen molar-refractivity contribution in [3.63, 3.8) is 0 Å². The molecule has 9 nitrogen and oxygen atoms in total. The van der Waals surface area contributed by atoms with Crippen molar-refractivity contribution in [1.82, 2.24) is 9.55 Å². The van der Waals surface area contributed by atoms with Crippen LogP contribution in [0.3, 0.4) is 0 Å². The van der Waals surface area contributed by atoms with Gasteiger partial charge in [0.1, 0.15) is 42.7 Å². The van der Waals surface area contributed by atoms with Gasteiger partial charge in [-0.25, -0.2) is 22.9 Å². The van der Waals surface area contributed by atoms with Gasteiger partial charge < -0.3 is 25.1 Å². The van der Waals surface area contributed by atoms with Gasteiger partial charge in [-0.1, -0.05) is 0 Å². The lowest BCUT2D eigenvalue weighted by Gasteiger charge is -2.19. The summed E-state index contributed by atoms with van der Waals surface area (Å²) in [4.78, 5) is 27.7. The molecule has 0 aliphatic carbocycles. The minimum absolute atomic E-state index is 0.00736. The number of anilines is 2. The van der Waals surface area contributed by atoms with Gasteiger partial charge >= 0.3 is 0 Å². The molecule has 1 unspecified atom stereocenters. The summed E-state index contributed by atoms with van der Waals surface area (Å²) in [7, 11) is 0. The normalized spacial score (nSPS) is 18.4. The van der Waals surface area contributed by atoms with Gasteiger partial charge in [0, 0.05) is 18.0 Å². The largest absolute Gasteiger partial charge is 0.491 e. The number of benzene rings is 1. The second-order valence-corrected chi connectivity index (χ2v) is 7.05. The van der Waals surface area contributed by atoms with Crippen LogP contribution in [0.25, 0.3) is 11.4 Å². The number of carbonyl (C=O) groups is 1. The van der Waals surface area contributed by atoms with Crippen molar-refractivity contribution in [2.45, 2.75) is 32.0 Å². The van der Waals surface area contributed by atoms with Crippen LogP contribution in [0.5, 0.6) is 5.75 Å². The third-order valence-corrected chi connectivity index (χ3v) is 5.01. The van der Waals surface area contributed by atoms with Gasteiger partial charge in [-0.05, 0) is 13.0 Å². The standard InChI is InChI=1S/C19H18F3N5O4/c1-9(18(23)29)24-10-4-11(20)16-13(5-10)30-3-2-26-6-14(25-19(16)26)27-12(17(21)22)8-31-15(27)7-28/h4-6,9,12,17,24H,2-3,8H2,1H3,(H2,23,29)/t9?,12-/m0/s1. The zero-order valence-corrected chi connectivity index (χ0v) is 16.3. The fraction of sp³-hybridized carbons (Fsp3) is 0.368. The number of fused-ring (bicyclic) bond motifs is 3. The lowest BCUT2D eigenvalue weighted by Crippen LogP contribution is -2.36. The lowest BCUT2D eigenvalue weighted by molar-refractivity contribution is -0.118. The Morgan fingerprint density at radius 1 is 1.39 bits per heavy atom. The molecule has 0 radical (unpaired) electrons. The summed E-state index contributed by atoms with van der Waals surface area (Å²) in [6.45, 7) is 1.54. The van der Waals surface area contributed by atoms with Crippen LogP contribution in [-0.2, 0) is 20.9 Å². The highest BCUT2D eigenvalue weighted by Crippen LogP contribution is 2.39. The number of rotatable bonds is 5. The molecule has 1 fully saturated rings. The average molecular weight is 437 g/mol. The van der Waals surface area contributed by atoms with Gasteiger partial charge in [-0.3, -0.25) is 9.69 Å². The molecule has 2 aliphatic rings. The summed E-state index contributed by atoms with van der Waals surface area (Å²) >= 11 is 0. The number of nitrogens with two attached hydrogens (primary N) is 1. The van der Waals surface area contributed by atoms with Crippen LogP contribution >= 0.6 is 0 Å². The van der Waals surface area contributed by atoms with E-state index in [1.54, 1.807) is 4.57 Å². The summed E-state index contributed by atoms with van der Waals surface area (Å²) < 4.78 is 54.1. The maximum Gasteiger partial charge on any atom is 0.284 e. The SMILES string of the molecule is CC(Nc1cc(F)c2c(c1)OCCn1cc(N3C(=C=O)OC[C@H]3C(F)F)nc1-2)C(N)=O. The van der Waals surface area contributed by atoms with E-state index in [4.69, 9.17) is 15.2 Å². The van der Waals surface area contributed by atoms with Crippen LogP contribution in [-0.4, -0.2) is 53.1 Å². The second-order valence-electron chi connectivity index (χ2n) is 7.05. The number of alkyl halides is 2. The highest BCUT2D eigenvalue weighted by atomic mass is 19.3. The zero-order valence-electron chi connectivity index (χ0n) is 16.3. The number of halogens is 3. The minimum Gasteiger partial charge on any atom is -0.491 e. The van der Waals surface area contributed by atoms with Gasteiger partial charge in [0.05, 0.1) is 12.1 Å². The molecule has 4 rings (SSSR count). The first-order chi connectivity index (χ1) is 14.8. The number of amides is 1. The summed E-state index contributed by atoms with van der Waals surface area (Å²) in [5.41, 5.74) is 5.53. The average Bonchev–Trinajstić information content (AvgIpc) is 3.27. The number of carbonyl (C=O) groups excluding carboxylic acids is 2. The molecular weight excluding hydrogens is 419 g/mol. The highest BCUT2D eigenvalue weighted by Gasteiger charge is 2.40. The van der Waals surface area contributed by atoms with Crippen molar-refractivity contribution in [2.24, 2.45) is 5.73 Å². The smallest absolute Gasteiger partial charge is 0.284 e. The summed E-state index contributed by atoms with van der Waals surface area (Å²) in [6, 6.07) is 0.493. The Morgan fingerprint density at radius 2 is 2.16 bits per heavy atom. The quantitative estimate of drug-likeness (QED) is 0.682. The Kier molecular flexibility index (Phi) is 5.24. The topological polar surface area (TPSA) is 112 Å². The van der Waals surface area contributed by atoms with Gasteiger partial charge in [-0.15, -0.1) is 0 Å². The van der Waals surface area contributed by atoms with Crippen molar-refractivity contribution in [2.75, 3.05) is 23.4 Å². The van der Waals surface area contributed by atoms with Gasteiger partial charge in [-0.2, -0.15) is 0 Å². The molecule has 0 saturated carbocycles. The molecule has 3 heterocycles. The van der Waals surface area contributed by atoms with Crippen LogP contribution in [0.4, 0.5) is 24.7 Å². The van der Waals surface area contributed by atoms with E-state index in [0.29, 0.717) is 0 Å². The molecule has 0 spiro atoms. The Hall–Kier alpha value is -3.66. The van der Waals surface area contributed by atoms with E-state index in [-0.39, 0.29) is 41.8 Å². The van der Waals surface area contributed by atoms with E-state index < -0.39 is 42.7 Å². The Bertz CT molecular complexity index is 1080. The zero-order chi connectivity index (χ0) is 22.3. The van der Waals surface area contributed by atoms with E-state index in [0.717, 1.165) is 11.0 Å². The first-order valence-electron chi connectivity index (χ1n) is 9.35. The van der Waals surface area contributed by atoms with Crippen LogP contribution in [0, 0.1) is 5.82 Å². The van der Waals surface area contributed by atoms with E-state index in [9.17, 15) is 18.4 Å². The Morgan fingerprint density at radius 3 is 2.84 bits per heavy atom. The third-order valence-electron chi connectivity index (χ3n) is 5.01. The number of aromatic nitrogens is 2. The molecule has 2 aromatic rings. The first kappa shape index (κ1) is 20.6. The fourth-order valence-electron chi connectivity index (χ4n) is 3.46. The molecule has 1 amide bonds. The number of imidazole rings is 1. The van der Waals surface area contributed by atoms with E-state index in [1.165, 1.54) is 25.1 Å². The van der Waals surface area contributed by atoms with Crippen LogP contribution < -0.4 is 20.7 Å². The molecule has 164 valence electrons. The molecule has 1 aromatic carbocycles. The predicted molar refractivity (Wildman–Crippen MR) is 103 cm³/mol. The molecule has 12 heteroatoms. The highest BCUT2D eigenvalue weighted by molar-refractivity contribution is 5.83. The van der Waals surface area contributed by atoms with E-state index >= 15 is 4.39 Å². The van der Waals surface area contributed by atoms with Crippen LogP contribution in [0.2, 0.25) is 0 Å². The van der Waals surface area contributed by atoms with Gasteiger partial charge in [0.15, 0.2) is 11.8 Å². The van der Waals surface area contributed by atoms with Crippen molar-refractivity contribution < 1.29 is 32.2 Å². The number of ether oxygens (including phenoxy) is 2. The Balaban J connectivity index is 1.76. The lowest BCUT2D eigenvalue weighted by atomic mass is 10.1. The maximum absolute atomic E-state index is 15.1. The van der Waals surface area contributed by atoms with E-state index in [2.05, 4.69) is 10.3 Å². The van der Waals surface area contributed by atoms with Gasteiger partial charge in [0.2, 0.25) is 5.91 Å². The number of nitrogens with one attached hydrogen (secondary N) is 1. The summed E-state index contributed by atoms with van der Waals surface area (Å²) in [6.07, 6.45) is -1.38. The van der Waals surface area contributed by atoms with E-state index in [1.807, 2.05) is 0 Å². The third kappa shape index (κ3) is 3.66. The molecule has 3 N–H and O–H groups in total. The van der Waals surface area contributed by atoms with Crippen molar-refractivity contribution in [3.8, 4) is 17.1 Å². The van der Waals surface area contributed by atoms with Gasteiger partial charge in [0.25, 0.3) is 12.3 Å². The number of hydrogen-bond donors (Lipinski definition) is 2. The predicted octanol–water partition coefficient (Wildman–Crippen LogP) is 1.51. The minimum atomic E-state index is -2.81. The molecule has 0 bridgehead atoms. The second kappa shape index (κ2) is 7.88. The van der Waals surface area contributed by atoms with Crippen LogP contribution in [0.1, 0.15) is 6.92 Å². The number of nitrogens with zero attached hydrogens (tertiary/aromatic N) is 3. The number of primary amides is 1. The molecule has 1 saturated heterocycles. The molecule has 31 heavy (non-hydrogen) atoms. The molecular formula is C19H18F3N5O4. The van der Waals surface area contributed by atoms with Crippen LogP contribution in [0.15, 0.2) is 24.2 Å². The maximum atomic E-state index is 15.1. The molecule has 2 atom stereocenters. The fourth-order valence-corrected chi connectivity index (χ4v) is 3.46.